The topological polar surface area (TPSA) is 46.2 Å². The molecule has 78 valence electrons. The van der Waals surface area contributed by atoms with Crippen molar-refractivity contribution in [3.05, 3.63) is 35.4 Å². The summed E-state index contributed by atoms with van der Waals surface area (Å²) in [7, 11) is 0. The molecule has 0 aromatic heterocycles. The molecule has 0 aliphatic rings. The molecule has 2 heteroatoms. The molecule has 1 atom stereocenters. The Kier molecular flexibility index (Phi) is 3.29. The standard InChI is InChI=1S/C12H19NO/c1-12(2,3)10-7-5-4-6-9(10)11(14)8-13/h4-7,11,14H,8,13H2,1-3H3/t11-/m1/s1. The van der Waals surface area contributed by atoms with Crippen molar-refractivity contribution in [2.75, 3.05) is 6.54 Å². The third-order valence-electron chi connectivity index (χ3n) is 2.35. The summed E-state index contributed by atoms with van der Waals surface area (Å²) in [6.07, 6.45) is -0.551. The van der Waals surface area contributed by atoms with Crippen molar-refractivity contribution in [1.29, 1.82) is 0 Å². The van der Waals surface area contributed by atoms with Gasteiger partial charge in [0.2, 0.25) is 0 Å². The quantitative estimate of drug-likeness (QED) is 0.754. The van der Waals surface area contributed by atoms with Crippen LogP contribution >= 0.6 is 0 Å². The number of rotatable bonds is 2. The Balaban J connectivity index is 3.16. The summed E-state index contributed by atoms with van der Waals surface area (Å²) in [6.45, 7) is 6.67. The zero-order chi connectivity index (χ0) is 10.8. The maximum Gasteiger partial charge on any atom is 0.0915 e. The lowest BCUT2D eigenvalue weighted by atomic mass is 9.82. The Labute approximate surface area is 85.8 Å². The molecule has 1 aromatic rings. The predicted octanol–water partition coefficient (Wildman–Crippen LogP) is 1.98. The van der Waals surface area contributed by atoms with Gasteiger partial charge in [0.15, 0.2) is 0 Å². The lowest BCUT2D eigenvalue weighted by molar-refractivity contribution is 0.184. The van der Waals surface area contributed by atoms with Crippen LogP contribution in [0.5, 0.6) is 0 Å². The normalized spacial score (nSPS) is 14.1. The molecule has 0 bridgehead atoms. The maximum atomic E-state index is 9.75. The van der Waals surface area contributed by atoms with E-state index in [0.29, 0.717) is 0 Å². The molecule has 0 radical (unpaired) electrons. The van der Waals surface area contributed by atoms with Gasteiger partial charge in [-0.2, -0.15) is 0 Å². The van der Waals surface area contributed by atoms with Crippen LogP contribution in [0.1, 0.15) is 38.0 Å². The van der Waals surface area contributed by atoms with E-state index >= 15 is 0 Å². The molecule has 0 saturated carbocycles. The molecule has 0 amide bonds. The van der Waals surface area contributed by atoms with Crippen LogP contribution in [-0.4, -0.2) is 11.7 Å². The number of benzene rings is 1. The highest BCUT2D eigenvalue weighted by atomic mass is 16.3. The molecule has 1 rings (SSSR count). The van der Waals surface area contributed by atoms with Crippen molar-refractivity contribution in [3.8, 4) is 0 Å². The van der Waals surface area contributed by atoms with Gasteiger partial charge in [-0.1, -0.05) is 45.0 Å². The molecule has 1 aromatic carbocycles. The van der Waals surface area contributed by atoms with Gasteiger partial charge in [0.05, 0.1) is 6.10 Å². The molecular formula is C12H19NO. The van der Waals surface area contributed by atoms with E-state index in [4.69, 9.17) is 5.73 Å². The minimum absolute atomic E-state index is 0.0484. The number of hydrogen-bond donors (Lipinski definition) is 2. The Hall–Kier alpha value is -0.860. The minimum atomic E-state index is -0.551. The largest absolute Gasteiger partial charge is 0.387 e. The van der Waals surface area contributed by atoms with Gasteiger partial charge in [-0.3, -0.25) is 0 Å². The molecule has 0 fully saturated rings. The first-order chi connectivity index (χ1) is 6.46. The third-order valence-corrected chi connectivity index (χ3v) is 2.35. The predicted molar refractivity (Wildman–Crippen MR) is 59.2 cm³/mol. The first-order valence-electron chi connectivity index (χ1n) is 4.94. The van der Waals surface area contributed by atoms with Gasteiger partial charge in [0.1, 0.15) is 0 Å². The first kappa shape index (κ1) is 11.2. The molecule has 0 unspecified atom stereocenters. The number of aliphatic hydroxyl groups excluding tert-OH is 1. The van der Waals surface area contributed by atoms with Crippen molar-refractivity contribution in [2.24, 2.45) is 5.73 Å². The van der Waals surface area contributed by atoms with E-state index in [9.17, 15) is 5.11 Å². The lowest BCUT2D eigenvalue weighted by Crippen LogP contribution is -2.19. The van der Waals surface area contributed by atoms with E-state index in [-0.39, 0.29) is 12.0 Å². The van der Waals surface area contributed by atoms with Crippen molar-refractivity contribution in [2.45, 2.75) is 32.3 Å². The maximum absolute atomic E-state index is 9.75. The van der Waals surface area contributed by atoms with Crippen LogP contribution < -0.4 is 5.73 Å². The fourth-order valence-corrected chi connectivity index (χ4v) is 1.60. The Bertz CT molecular complexity index is 301. The molecule has 14 heavy (non-hydrogen) atoms. The molecular weight excluding hydrogens is 174 g/mol. The Morgan fingerprint density at radius 3 is 2.36 bits per heavy atom. The molecule has 0 saturated heterocycles. The summed E-state index contributed by atoms with van der Waals surface area (Å²) in [5.41, 5.74) is 7.63. The van der Waals surface area contributed by atoms with E-state index in [1.165, 1.54) is 0 Å². The van der Waals surface area contributed by atoms with Gasteiger partial charge in [-0.05, 0) is 16.5 Å². The average molecular weight is 193 g/mol. The minimum Gasteiger partial charge on any atom is -0.387 e. The summed E-state index contributed by atoms with van der Waals surface area (Å²) in [5, 5.41) is 9.75. The number of nitrogens with two attached hydrogens (primary N) is 1. The fraction of sp³-hybridized carbons (Fsp3) is 0.500. The zero-order valence-electron chi connectivity index (χ0n) is 9.12. The average Bonchev–Trinajstić information content (AvgIpc) is 2.15. The second kappa shape index (κ2) is 4.11. The lowest BCUT2D eigenvalue weighted by Gasteiger charge is -2.24. The molecule has 3 N–H and O–H groups in total. The highest BCUT2D eigenvalue weighted by Crippen LogP contribution is 2.28. The fourth-order valence-electron chi connectivity index (χ4n) is 1.60. The molecule has 0 spiro atoms. The van der Waals surface area contributed by atoms with Gasteiger partial charge in [0.25, 0.3) is 0 Å². The van der Waals surface area contributed by atoms with Crippen LogP contribution in [0.25, 0.3) is 0 Å². The SMILES string of the molecule is CC(C)(C)c1ccccc1[C@H](O)CN. The highest BCUT2D eigenvalue weighted by molar-refractivity contribution is 5.34. The second-order valence-corrected chi connectivity index (χ2v) is 4.59. The summed E-state index contributed by atoms with van der Waals surface area (Å²) in [6, 6.07) is 7.92. The molecule has 0 aliphatic heterocycles. The summed E-state index contributed by atoms with van der Waals surface area (Å²) >= 11 is 0. The first-order valence-corrected chi connectivity index (χ1v) is 4.94. The number of aliphatic hydroxyl groups is 1. The van der Waals surface area contributed by atoms with E-state index in [1.807, 2.05) is 24.3 Å². The van der Waals surface area contributed by atoms with Crippen molar-refractivity contribution in [3.63, 3.8) is 0 Å². The van der Waals surface area contributed by atoms with Crippen LogP contribution in [0.15, 0.2) is 24.3 Å². The zero-order valence-corrected chi connectivity index (χ0v) is 9.12. The molecule has 0 heterocycles. The Morgan fingerprint density at radius 2 is 1.86 bits per heavy atom. The van der Waals surface area contributed by atoms with Crippen molar-refractivity contribution < 1.29 is 5.11 Å². The highest BCUT2D eigenvalue weighted by Gasteiger charge is 2.20. The van der Waals surface area contributed by atoms with E-state index < -0.39 is 6.10 Å². The van der Waals surface area contributed by atoms with Crippen LogP contribution in [0.3, 0.4) is 0 Å². The van der Waals surface area contributed by atoms with Crippen LogP contribution in [0, 0.1) is 0 Å². The van der Waals surface area contributed by atoms with Gasteiger partial charge in [0, 0.05) is 6.54 Å². The number of hydrogen-bond acceptors (Lipinski definition) is 2. The third kappa shape index (κ3) is 2.34. The van der Waals surface area contributed by atoms with Gasteiger partial charge >= 0.3 is 0 Å². The second-order valence-electron chi connectivity index (χ2n) is 4.59. The van der Waals surface area contributed by atoms with E-state index in [0.717, 1.165) is 11.1 Å². The van der Waals surface area contributed by atoms with Crippen LogP contribution in [0.4, 0.5) is 0 Å². The molecule has 2 nitrogen and oxygen atoms in total. The van der Waals surface area contributed by atoms with E-state index in [2.05, 4.69) is 20.8 Å². The summed E-state index contributed by atoms with van der Waals surface area (Å²) in [4.78, 5) is 0. The van der Waals surface area contributed by atoms with Crippen LogP contribution in [-0.2, 0) is 5.41 Å². The Morgan fingerprint density at radius 1 is 1.29 bits per heavy atom. The monoisotopic (exact) mass is 193 g/mol. The van der Waals surface area contributed by atoms with Crippen molar-refractivity contribution >= 4 is 0 Å². The van der Waals surface area contributed by atoms with Crippen molar-refractivity contribution in [1.82, 2.24) is 0 Å². The summed E-state index contributed by atoms with van der Waals surface area (Å²) in [5.74, 6) is 0. The van der Waals surface area contributed by atoms with E-state index in [1.54, 1.807) is 0 Å². The smallest absolute Gasteiger partial charge is 0.0915 e. The van der Waals surface area contributed by atoms with Gasteiger partial charge < -0.3 is 10.8 Å². The van der Waals surface area contributed by atoms with Gasteiger partial charge in [-0.25, -0.2) is 0 Å². The van der Waals surface area contributed by atoms with Crippen LogP contribution in [0.2, 0.25) is 0 Å². The van der Waals surface area contributed by atoms with Gasteiger partial charge in [-0.15, -0.1) is 0 Å². The molecule has 0 aliphatic carbocycles. The summed E-state index contributed by atoms with van der Waals surface area (Å²) < 4.78 is 0.